The average molecular weight is 250 g/mol. The molecule has 1 fully saturated rings. The van der Waals surface area contributed by atoms with Crippen molar-refractivity contribution >= 4 is 11.4 Å². The summed E-state index contributed by atoms with van der Waals surface area (Å²) in [5.41, 5.74) is 0.825. The third-order valence-electron chi connectivity index (χ3n) is 3.04. The van der Waals surface area contributed by atoms with E-state index in [0.717, 1.165) is 31.5 Å². The van der Waals surface area contributed by atoms with Gasteiger partial charge < -0.3 is 10.1 Å². The first kappa shape index (κ1) is 12.7. The van der Waals surface area contributed by atoms with Gasteiger partial charge in [-0.25, -0.2) is 0 Å². The van der Waals surface area contributed by atoms with E-state index < -0.39 is 0 Å². The van der Waals surface area contributed by atoms with Gasteiger partial charge in [0.1, 0.15) is 5.75 Å². The normalized spacial score (nSPS) is 14.9. The molecule has 1 aromatic rings. The molecular weight excluding hydrogens is 232 g/mol. The first-order valence-electron chi connectivity index (χ1n) is 6.39. The molecule has 0 radical (unpaired) electrons. The molecule has 1 N–H and O–H groups in total. The van der Waals surface area contributed by atoms with Crippen LogP contribution in [0.25, 0.3) is 0 Å². The summed E-state index contributed by atoms with van der Waals surface area (Å²) in [5, 5.41) is 14.0. The molecule has 0 spiro atoms. The summed E-state index contributed by atoms with van der Waals surface area (Å²) in [7, 11) is 0. The highest BCUT2D eigenvalue weighted by molar-refractivity contribution is 5.56. The maximum atomic E-state index is 10.9. The average Bonchev–Trinajstić information content (AvgIpc) is 2.31. The van der Waals surface area contributed by atoms with E-state index in [2.05, 4.69) is 12.2 Å². The minimum atomic E-state index is -0.384. The van der Waals surface area contributed by atoms with Crippen LogP contribution in [0.15, 0.2) is 18.2 Å². The quantitative estimate of drug-likeness (QED) is 0.621. The maximum absolute atomic E-state index is 10.9. The van der Waals surface area contributed by atoms with E-state index in [9.17, 15) is 10.1 Å². The molecular formula is C13H18N2O3. The molecule has 98 valence electrons. The van der Waals surface area contributed by atoms with Crippen molar-refractivity contribution in [1.29, 1.82) is 0 Å². The van der Waals surface area contributed by atoms with E-state index in [4.69, 9.17) is 4.74 Å². The van der Waals surface area contributed by atoms with Gasteiger partial charge in [0.25, 0.3) is 5.69 Å². The Hall–Kier alpha value is -1.78. The molecule has 0 bridgehead atoms. The van der Waals surface area contributed by atoms with Crippen LogP contribution in [0.2, 0.25) is 0 Å². The Kier molecular flexibility index (Phi) is 4.02. The summed E-state index contributed by atoms with van der Waals surface area (Å²) in [5.74, 6) is 0.590. The van der Waals surface area contributed by atoms with Gasteiger partial charge in [-0.15, -0.1) is 0 Å². The van der Waals surface area contributed by atoms with Gasteiger partial charge in [0.05, 0.1) is 17.1 Å². The highest BCUT2D eigenvalue weighted by Gasteiger charge is 2.20. The Balaban J connectivity index is 2.15. The molecule has 2 rings (SSSR count). The number of nitrogens with zero attached hydrogens (tertiary/aromatic N) is 1. The van der Waals surface area contributed by atoms with Crippen LogP contribution in [0.3, 0.4) is 0 Å². The first-order chi connectivity index (χ1) is 8.69. The van der Waals surface area contributed by atoms with Gasteiger partial charge >= 0.3 is 0 Å². The van der Waals surface area contributed by atoms with E-state index in [-0.39, 0.29) is 16.7 Å². The molecule has 0 amide bonds. The number of hydrogen-bond donors (Lipinski definition) is 1. The van der Waals surface area contributed by atoms with Crippen molar-refractivity contribution in [1.82, 2.24) is 0 Å². The van der Waals surface area contributed by atoms with Crippen LogP contribution in [0.5, 0.6) is 5.75 Å². The first-order valence-corrected chi connectivity index (χ1v) is 6.39. The van der Waals surface area contributed by atoms with Crippen LogP contribution in [0, 0.1) is 10.1 Å². The fraction of sp³-hybridized carbons (Fsp3) is 0.538. The molecule has 1 saturated carbocycles. The van der Waals surface area contributed by atoms with Crippen LogP contribution in [0.4, 0.5) is 11.4 Å². The number of anilines is 1. The third-order valence-corrected chi connectivity index (χ3v) is 3.04. The summed E-state index contributed by atoms with van der Waals surface area (Å²) < 4.78 is 5.72. The Bertz CT molecular complexity index is 430. The zero-order chi connectivity index (χ0) is 13.0. The lowest BCUT2D eigenvalue weighted by molar-refractivity contribution is -0.384. The summed E-state index contributed by atoms with van der Waals surface area (Å²) in [4.78, 5) is 10.5. The van der Waals surface area contributed by atoms with Crippen molar-refractivity contribution in [3.05, 3.63) is 28.3 Å². The molecule has 1 aromatic carbocycles. The molecule has 0 unspecified atom stereocenters. The molecule has 5 heteroatoms. The Morgan fingerprint density at radius 3 is 2.78 bits per heavy atom. The van der Waals surface area contributed by atoms with Gasteiger partial charge in [0, 0.05) is 24.4 Å². The minimum Gasteiger partial charge on any atom is -0.490 e. The Labute approximate surface area is 106 Å². The van der Waals surface area contributed by atoms with Crippen molar-refractivity contribution in [2.24, 2.45) is 0 Å². The number of rotatable bonds is 6. The largest absolute Gasteiger partial charge is 0.490 e. The van der Waals surface area contributed by atoms with Gasteiger partial charge in [0.2, 0.25) is 0 Å². The number of nitro benzene ring substituents is 1. The molecule has 1 aliphatic rings. The zero-order valence-electron chi connectivity index (χ0n) is 10.5. The minimum absolute atomic E-state index is 0.0745. The lowest BCUT2D eigenvalue weighted by atomic mass is 9.96. The second kappa shape index (κ2) is 5.71. The van der Waals surface area contributed by atoms with E-state index in [0.29, 0.717) is 5.75 Å². The molecule has 0 atom stereocenters. The van der Waals surface area contributed by atoms with Gasteiger partial charge in [-0.05, 0) is 25.7 Å². The van der Waals surface area contributed by atoms with Crippen molar-refractivity contribution in [2.75, 3.05) is 11.9 Å². The number of nitrogens with one attached hydrogen (secondary N) is 1. The van der Waals surface area contributed by atoms with E-state index >= 15 is 0 Å². The summed E-state index contributed by atoms with van der Waals surface area (Å²) >= 11 is 0. The molecule has 5 nitrogen and oxygen atoms in total. The van der Waals surface area contributed by atoms with Gasteiger partial charge in [-0.3, -0.25) is 10.1 Å². The second-order valence-corrected chi connectivity index (χ2v) is 4.57. The summed E-state index contributed by atoms with van der Waals surface area (Å²) in [6.45, 7) is 2.85. The SMILES string of the molecule is CCCNc1cc(OC2CCC2)cc([N+](=O)[O-])c1. The lowest BCUT2D eigenvalue weighted by Crippen LogP contribution is -2.24. The number of ether oxygens (including phenoxy) is 1. The number of nitro groups is 1. The fourth-order valence-electron chi connectivity index (χ4n) is 1.81. The van der Waals surface area contributed by atoms with E-state index in [1.807, 2.05) is 6.07 Å². The van der Waals surface area contributed by atoms with Crippen molar-refractivity contribution in [2.45, 2.75) is 38.7 Å². The Morgan fingerprint density at radius 2 is 2.22 bits per heavy atom. The van der Waals surface area contributed by atoms with Crippen LogP contribution in [-0.2, 0) is 0 Å². The highest BCUT2D eigenvalue weighted by Crippen LogP contribution is 2.30. The van der Waals surface area contributed by atoms with Crippen molar-refractivity contribution in [3.8, 4) is 5.75 Å². The van der Waals surface area contributed by atoms with Crippen LogP contribution in [0.1, 0.15) is 32.6 Å². The van der Waals surface area contributed by atoms with Crippen molar-refractivity contribution in [3.63, 3.8) is 0 Å². The number of non-ortho nitro benzene ring substituents is 1. The number of benzene rings is 1. The zero-order valence-corrected chi connectivity index (χ0v) is 10.5. The molecule has 0 aliphatic heterocycles. The van der Waals surface area contributed by atoms with Gasteiger partial charge in [0.15, 0.2) is 0 Å². The van der Waals surface area contributed by atoms with E-state index in [1.54, 1.807) is 6.07 Å². The smallest absolute Gasteiger partial charge is 0.275 e. The molecule has 1 aliphatic carbocycles. The van der Waals surface area contributed by atoms with Gasteiger partial charge in [-0.2, -0.15) is 0 Å². The standard InChI is InChI=1S/C13H18N2O3/c1-2-6-14-10-7-11(15(16)17)9-13(8-10)18-12-4-3-5-12/h7-9,12,14H,2-6H2,1H3. The third kappa shape index (κ3) is 3.12. The Morgan fingerprint density at radius 1 is 1.44 bits per heavy atom. The van der Waals surface area contributed by atoms with Crippen molar-refractivity contribution < 1.29 is 9.66 Å². The van der Waals surface area contributed by atoms with Crippen LogP contribution in [-0.4, -0.2) is 17.6 Å². The monoisotopic (exact) mass is 250 g/mol. The number of hydrogen-bond acceptors (Lipinski definition) is 4. The molecule has 0 aromatic heterocycles. The summed E-state index contributed by atoms with van der Waals surface area (Å²) in [6, 6.07) is 4.87. The molecule has 18 heavy (non-hydrogen) atoms. The summed E-state index contributed by atoms with van der Waals surface area (Å²) in [6.07, 6.45) is 4.47. The molecule has 0 saturated heterocycles. The predicted molar refractivity (Wildman–Crippen MR) is 70.1 cm³/mol. The highest BCUT2D eigenvalue weighted by atomic mass is 16.6. The van der Waals surface area contributed by atoms with E-state index in [1.165, 1.54) is 12.5 Å². The maximum Gasteiger partial charge on any atom is 0.275 e. The predicted octanol–water partition coefficient (Wildman–Crippen LogP) is 3.35. The fourth-order valence-corrected chi connectivity index (χ4v) is 1.81. The van der Waals surface area contributed by atoms with Crippen LogP contribution >= 0.6 is 0 Å². The topological polar surface area (TPSA) is 64.4 Å². The molecule has 0 heterocycles. The lowest BCUT2D eigenvalue weighted by Gasteiger charge is -2.26. The van der Waals surface area contributed by atoms with Gasteiger partial charge in [-0.1, -0.05) is 6.92 Å². The van der Waals surface area contributed by atoms with Crippen LogP contribution < -0.4 is 10.1 Å². The second-order valence-electron chi connectivity index (χ2n) is 4.57.